The Labute approximate surface area is 89.0 Å². The molecule has 0 spiro atoms. The molecule has 2 heterocycles. The molecule has 70 valence electrons. The van der Waals surface area contributed by atoms with E-state index in [2.05, 4.69) is 15.9 Å². The lowest BCUT2D eigenvalue weighted by Gasteiger charge is -2.06. The van der Waals surface area contributed by atoms with Crippen LogP contribution in [-0.4, -0.2) is 12.4 Å². The Morgan fingerprint density at radius 2 is 2.38 bits per heavy atom. The average Bonchev–Trinajstić information content (AvgIpc) is 2.71. The van der Waals surface area contributed by atoms with Crippen LogP contribution in [0, 0.1) is 0 Å². The Kier molecular flexibility index (Phi) is 2.81. The summed E-state index contributed by atoms with van der Waals surface area (Å²) in [4.78, 5) is 11.7. The molecule has 2 unspecified atom stereocenters. The van der Waals surface area contributed by atoms with Crippen LogP contribution in [0.2, 0.25) is 0 Å². The molecule has 0 saturated carbocycles. The number of rotatable bonds is 2. The summed E-state index contributed by atoms with van der Waals surface area (Å²) in [6.45, 7) is 0. The first-order valence-electron chi connectivity index (χ1n) is 4.15. The summed E-state index contributed by atoms with van der Waals surface area (Å²) in [5, 5.41) is 0. The molecule has 0 bridgehead atoms. The number of carbonyl (C=O) groups excluding carboxylic acids is 1. The van der Waals surface area contributed by atoms with E-state index in [0.29, 0.717) is 0 Å². The zero-order valence-corrected chi connectivity index (χ0v) is 9.31. The van der Waals surface area contributed by atoms with Crippen molar-refractivity contribution in [1.29, 1.82) is 0 Å². The summed E-state index contributed by atoms with van der Waals surface area (Å²) < 4.78 is 6.64. The smallest absolute Gasteiger partial charge is 0.148 e. The summed E-state index contributed by atoms with van der Waals surface area (Å²) in [5.74, 6) is 0. The molecule has 1 aliphatic heterocycles. The van der Waals surface area contributed by atoms with Crippen LogP contribution in [0.15, 0.2) is 15.9 Å². The van der Waals surface area contributed by atoms with Crippen LogP contribution in [0.4, 0.5) is 0 Å². The van der Waals surface area contributed by atoms with Crippen LogP contribution >= 0.6 is 27.3 Å². The van der Waals surface area contributed by atoms with Gasteiger partial charge in [-0.3, -0.25) is 0 Å². The van der Waals surface area contributed by atoms with Crippen molar-refractivity contribution in [2.45, 2.75) is 25.0 Å². The number of thiophene rings is 1. The van der Waals surface area contributed by atoms with Crippen LogP contribution < -0.4 is 0 Å². The van der Waals surface area contributed by atoms with Gasteiger partial charge in [0.25, 0.3) is 0 Å². The van der Waals surface area contributed by atoms with Gasteiger partial charge < -0.3 is 9.53 Å². The fourth-order valence-corrected chi connectivity index (χ4v) is 2.97. The van der Waals surface area contributed by atoms with Crippen molar-refractivity contribution < 1.29 is 9.53 Å². The highest BCUT2D eigenvalue weighted by molar-refractivity contribution is 9.11. The van der Waals surface area contributed by atoms with E-state index in [9.17, 15) is 4.79 Å². The van der Waals surface area contributed by atoms with Crippen LogP contribution in [0.5, 0.6) is 0 Å². The number of halogens is 1. The molecule has 1 aromatic heterocycles. The van der Waals surface area contributed by atoms with Crippen LogP contribution in [0.3, 0.4) is 0 Å². The van der Waals surface area contributed by atoms with Gasteiger partial charge in [0.05, 0.1) is 9.89 Å². The highest BCUT2D eigenvalue weighted by atomic mass is 79.9. The third-order valence-corrected chi connectivity index (χ3v) is 3.83. The lowest BCUT2D eigenvalue weighted by Crippen LogP contribution is -2.06. The highest BCUT2D eigenvalue weighted by Crippen LogP contribution is 2.37. The molecule has 2 atom stereocenters. The van der Waals surface area contributed by atoms with Gasteiger partial charge >= 0.3 is 0 Å². The molecule has 1 saturated heterocycles. The number of hydrogen-bond acceptors (Lipinski definition) is 3. The second-order valence-electron chi connectivity index (χ2n) is 3.02. The fraction of sp³-hybridized carbons (Fsp3) is 0.444. The van der Waals surface area contributed by atoms with E-state index in [0.717, 1.165) is 22.9 Å². The van der Waals surface area contributed by atoms with Crippen molar-refractivity contribution in [1.82, 2.24) is 0 Å². The largest absolute Gasteiger partial charge is 0.362 e. The van der Waals surface area contributed by atoms with Gasteiger partial charge in [-0.2, -0.15) is 0 Å². The van der Waals surface area contributed by atoms with Gasteiger partial charge in [-0.15, -0.1) is 11.3 Å². The minimum absolute atomic E-state index is 0.131. The van der Waals surface area contributed by atoms with Crippen LogP contribution in [0.1, 0.15) is 23.8 Å². The molecule has 2 nitrogen and oxygen atoms in total. The summed E-state index contributed by atoms with van der Waals surface area (Å²) in [7, 11) is 0. The molecule has 0 N–H and O–H groups in total. The van der Waals surface area contributed by atoms with Crippen LogP contribution in [-0.2, 0) is 9.53 Å². The van der Waals surface area contributed by atoms with Crippen LogP contribution in [0.25, 0.3) is 0 Å². The third kappa shape index (κ3) is 2.00. The molecule has 2 rings (SSSR count). The molecule has 4 heteroatoms. The van der Waals surface area contributed by atoms with Gasteiger partial charge in [0, 0.05) is 4.88 Å². The van der Waals surface area contributed by atoms with Gasteiger partial charge in [-0.05, 0) is 40.9 Å². The van der Waals surface area contributed by atoms with E-state index in [1.807, 2.05) is 12.1 Å². The lowest BCUT2D eigenvalue weighted by atomic mass is 10.2. The second-order valence-corrected chi connectivity index (χ2v) is 5.51. The Balaban J connectivity index is 2.07. The Morgan fingerprint density at radius 3 is 2.92 bits per heavy atom. The number of ether oxygens (including phenoxy) is 1. The maximum Gasteiger partial charge on any atom is 0.148 e. The molecular formula is C9H9BrO2S. The van der Waals surface area contributed by atoms with E-state index in [1.54, 1.807) is 11.3 Å². The highest BCUT2D eigenvalue weighted by Gasteiger charge is 2.26. The lowest BCUT2D eigenvalue weighted by molar-refractivity contribution is -0.117. The maximum absolute atomic E-state index is 10.5. The van der Waals surface area contributed by atoms with Gasteiger partial charge in [0.15, 0.2) is 0 Å². The Hall–Kier alpha value is -0.190. The Bertz CT molecular complexity index is 310. The summed E-state index contributed by atoms with van der Waals surface area (Å²) in [5.41, 5.74) is 0. The van der Waals surface area contributed by atoms with Crippen molar-refractivity contribution in [3.63, 3.8) is 0 Å². The first-order chi connectivity index (χ1) is 6.29. The average molecular weight is 261 g/mol. The molecule has 1 fully saturated rings. The minimum atomic E-state index is -0.189. The standard InChI is InChI=1S/C9H9BrO2S/c10-9-4-3-8(13-9)7-2-1-6(5-11)12-7/h3-7H,1-2H2. The molecular weight excluding hydrogens is 252 g/mol. The van der Waals surface area contributed by atoms with E-state index in [-0.39, 0.29) is 12.2 Å². The summed E-state index contributed by atoms with van der Waals surface area (Å²) in [6, 6.07) is 4.06. The molecule has 1 aliphatic rings. The monoisotopic (exact) mass is 260 g/mol. The van der Waals surface area contributed by atoms with Crippen molar-refractivity contribution in [2.24, 2.45) is 0 Å². The second kappa shape index (κ2) is 3.90. The summed E-state index contributed by atoms with van der Waals surface area (Å²) >= 11 is 5.08. The molecule has 0 aliphatic carbocycles. The quantitative estimate of drug-likeness (QED) is 0.765. The third-order valence-electron chi connectivity index (χ3n) is 2.12. The fourth-order valence-electron chi connectivity index (χ4n) is 1.47. The molecule has 13 heavy (non-hydrogen) atoms. The van der Waals surface area contributed by atoms with E-state index in [1.165, 1.54) is 4.88 Å². The number of hydrogen-bond donors (Lipinski definition) is 0. The van der Waals surface area contributed by atoms with Gasteiger partial charge in [-0.25, -0.2) is 0 Å². The van der Waals surface area contributed by atoms with E-state index < -0.39 is 0 Å². The predicted molar refractivity (Wildman–Crippen MR) is 54.9 cm³/mol. The van der Waals surface area contributed by atoms with E-state index in [4.69, 9.17) is 4.74 Å². The molecule has 0 radical (unpaired) electrons. The topological polar surface area (TPSA) is 26.3 Å². The van der Waals surface area contributed by atoms with E-state index >= 15 is 0 Å². The maximum atomic E-state index is 10.5. The minimum Gasteiger partial charge on any atom is -0.362 e. The van der Waals surface area contributed by atoms with Gasteiger partial charge in [0.1, 0.15) is 12.4 Å². The zero-order chi connectivity index (χ0) is 9.26. The zero-order valence-electron chi connectivity index (χ0n) is 6.90. The molecule has 0 amide bonds. The first kappa shape index (κ1) is 9.37. The van der Waals surface area contributed by atoms with Gasteiger partial charge in [-0.1, -0.05) is 0 Å². The molecule has 0 aromatic carbocycles. The normalized spacial score (nSPS) is 27.8. The summed E-state index contributed by atoms with van der Waals surface area (Å²) in [6.07, 6.45) is 2.64. The van der Waals surface area contributed by atoms with Crippen molar-refractivity contribution in [2.75, 3.05) is 0 Å². The van der Waals surface area contributed by atoms with Crippen molar-refractivity contribution >= 4 is 33.6 Å². The first-order valence-corrected chi connectivity index (χ1v) is 5.76. The Morgan fingerprint density at radius 1 is 1.54 bits per heavy atom. The SMILES string of the molecule is O=CC1CCC(c2ccc(Br)s2)O1. The number of carbonyl (C=O) groups is 1. The predicted octanol–water partition coefficient (Wildman–Crippen LogP) is 2.93. The molecule has 1 aromatic rings. The number of aldehydes is 1. The van der Waals surface area contributed by atoms with Crippen molar-refractivity contribution in [3.05, 3.63) is 20.8 Å². The van der Waals surface area contributed by atoms with Crippen molar-refractivity contribution in [3.8, 4) is 0 Å². The van der Waals surface area contributed by atoms with Gasteiger partial charge in [0.2, 0.25) is 0 Å².